The van der Waals surface area contributed by atoms with Crippen LogP contribution in [0.1, 0.15) is 26.7 Å². The van der Waals surface area contributed by atoms with Gasteiger partial charge in [-0.15, -0.1) is 11.8 Å². The van der Waals surface area contributed by atoms with Crippen LogP contribution < -0.4 is 5.32 Å². The first-order valence-electron chi connectivity index (χ1n) is 8.38. The topological polar surface area (TPSA) is 139 Å². The zero-order chi connectivity index (χ0) is 20.2. The molecule has 27 heavy (non-hydrogen) atoms. The maximum Gasteiger partial charge on any atom is 0.399 e. The molecule has 0 aliphatic carbocycles. The summed E-state index contributed by atoms with van der Waals surface area (Å²) in [4.78, 5) is 36.6. The first-order valence-corrected chi connectivity index (χ1v) is 10.7. The maximum absolute atomic E-state index is 12.3. The van der Waals surface area contributed by atoms with Crippen LogP contribution in [-0.4, -0.2) is 67.8 Å². The Kier molecular flexibility index (Phi) is 7.25. The molecular formula is C15H22N2O8S2. The van der Waals surface area contributed by atoms with Crippen LogP contribution in [0.4, 0.5) is 0 Å². The number of carboxylic acids is 1. The number of nitrogens with one attached hydrogen (secondary N) is 1. The van der Waals surface area contributed by atoms with Crippen molar-refractivity contribution in [3.05, 3.63) is 10.6 Å². The van der Waals surface area contributed by atoms with Crippen molar-refractivity contribution in [1.82, 2.24) is 10.2 Å². The van der Waals surface area contributed by atoms with Gasteiger partial charge in [0.2, 0.25) is 11.8 Å². The first kappa shape index (κ1) is 21.7. The van der Waals surface area contributed by atoms with Crippen molar-refractivity contribution in [2.75, 3.05) is 25.5 Å². The number of thioether (sulfide) groups is 1. The third-order valence-electron chi connectivity index (χ3n) is 4.12. The Bertz CT molecular complexity index is 749. The predicted molar refractivity (Wildman–Crippen MR) is 95.7 cm³/mol. The van der Waals surface area contributed by atoms with Crippen molar-refractivity contribution < 1.29 is 36.3 Å². The van der Waals surface area contributed by atoms with Gasteiger partial charge in [-0.05, 0) is 13.3 Å². The highest BCUT2D eigenvalue weighted by molar-refractivity contribution is 8.03. The van der Waals surface area contributed by atoms with E-state index in [4.69, 9.17) is 0 Å². The number of nitrogens with zero attached hydrogens (tertiary/aromatic N) is 1. The number of aliphatic carboxylic acids is 1. The van der Waals surface area contributed by atoms with Crippen molar-refractivity contribution in [1.29, 1.82) is 0 Å². The van der Waals surface area contributed by atoms with E-state index in [1.807, 2.05) is 0 Å². The minimum absolute atomic E-state index is 0.0306. The van der Waals surface area contributed by atoms with E-state index in [1.165, 1.54) is 30.5 Å². The van der Waals surface area contributed by atoms with Gasteiger partial charge in [-0.2, -0.15) is 8.42 Å². The van der Waals surface area contributed by atoms with Crippen LogP contribution in [0.15, 0.2) is 10.6 Å². The van der Waals surface area contributed by atoms with Gasteiger partial charge in [-0.25, -0.2) is 13.2 Å². The molecule has 0 bridgehead atoms. The molecule has 2 atom stereocenters. The molecule has 0 aromatic heterocycles. The lowest BCUT2D eigenvalue weighted by molar-refractivity contribution is -0.155. The van der Waals surface area contributed by atoms with Crippen molar-refractivity contribution >= 4 is 39.9 Å². The summed E-state index contributed by atoms with van der Waals surface area (Å²) in [6, 6.07) is -0.315. The normalized spacial score (nSPS) is 21.9. The average Bonchev–Trinajstić information content (AvgIpc) is 2.90. The summed E-state index contributed by atoms with van der Waals surface area (Å²) in [5.41, 5.74) is -0.0306. The summed E-state index contributed by atoms with van der Waals surface area (Å²) in [6.45, 7) is 3.03. The Labute approximate surface area is 161 Å². The molecule has 2 aliphatic rings. The molecule has 1 fully saturated rings. The highest BCUT2D eigenvalue weighted by atomic mass is 32.3. The maximum atomic E-state index is 12.3. The van der Waals surface area contributed by atoms with E-state index in [9.17, 15) is 27.9 Å². The van der Waals surface area contributed by atoms with E-state index in [2.05, 4.69) is 13.7 Å². The van der Waals surface area contributed by atoms with Crippen LogP contribution in [0.25, 0.3) is 0 Å². The van der Waals surface area contributed by atoms with Crippen molar-refractivity contribution in [2.24, 2.45) is 5.92 Å². The lowest BCUT2D eigenvalue weighted by atomic mass is 9.85. The molecule has 1 saturated heterocycles. The summed E-state index contributed by atoms with van der Waals surface area (Å²) in [7, 11) is -4.08. The molecule has 0 aromatic rings. The molecule has 0 unspecified atom stereocenters. The Hall–Kier alpha value is -1.63. The molecule has 2 N–H and O–H groups in total. The molecule has 2 aliphatic heterocycles. The number of carboxylic acid groups (broad SMARTS) is 1. The summed E-state index contributed by atoms with van der Waals surface area (Å²) in [6.07, 6.45) is 0.546. The van der Waals surface area contributed by atoms with E-state index in [0.717, 1.165) is 0 Å². The molecule has 10 nitrogen and oxygen atoms in total. The van der Waals surface area contributed by atoms with Crippen LogP contribution in [0.5, 0.6) is 0 Å². The van der Waals surface area contributed by atoms with Gasteiger partial charge in [0.15, 0.2) is 0 Å². The quantitative estimate of drug-likeness (QED) is 0.350. The number of hydrogen-bond donors (Lipinski definition) is 2. The monoisotopic (exact) mass is 422 g/mol. The van der Waals surface area contributed by atoms with E-state index in [-0.39, 0.29) is 43.2 Å². The van der Waals surface area contributed by atoms with E-state index < -0.39 is 22.3 Å². The molecule has 2 amide bonds. The van der Waals surface area contributed by atoms with Crippen LogP contribution >= 0.6 is 11.8 Å². The molecule has 0 radical (unpaired) electrons. The second-order valence-corrected chi connectivity index (χ2v) is 8.40. The third-order valence-corrected chi connectivity index (χ3v) is 6.22. The van der Waals surface area contributed by atoms with Gasteiger partial charge >= 0.3 is 16.4 Å². The average molecular weight is 422 g/mol. The van der Waals surface area contributed by atoms with E-state index in [1.54, 1.807) is 0 Å². The highest BCUT2D eigenvalue weighted by Crippen LogP contribution is 2.46. The Morgan fingerprint density at radius 2 is 2.07 bits per heavy atom. The molecule has 152 valence electrons. The van der Waals surface area contributed by atoms with Gasteiger partial charge in [-0.1, -0.05) is 0 Å². The fourth-order valence-electron chi connectivity index (χ4n) is 3.06. The predicted octanol–water partition coefficient (Wildman–Crippen LogP) is 0.0706. The zero-order valence-corrected chi connectivity index (χ0v) is 16.6. The number of rotatable bonds is 11. The molecule has 2 heterocycles. The van der Waals surface area contributed by atoms with Gasteiger partial charge in [0.05, 0.1) is 25.2 Å². The Morgan fingerprint density at radius 3 is 2.67 bits per heavy atom. The van der Waals surface area contributed by atoms with Crippen LogP contribution in [-0.2, 0) is 33.1 Å². The van der Waals surface area contributed by atoms with Gasteiger partial charge in [0, 0.05) is 30.5 Å². The first-order chi connectivity index (χ1) is 12.7. The molecule has 0 spiro atoms. The van der Waals surface area contributed by atoms with Gasteiger partial charge < -0.3 is 15.3 Å². The third kappa shape index (κ3) is 5.21. The molecule has 0 saturated carbocycles. The zero-order valence-electron chi connectivity index (χ0n) is 15.0. The summed E-state index contributed by atoms with van der Waals surface area (Å²) in [5.74, 6) is -1.71. The summed E-state index contributed by atoms with van der Waals surface area (Å²) >= 11 is 1.29. The van der Waals surface area contributed by atoms with Crippen LogP contribution in [0.2, 0.25) is 0 Å². The Morgan fingerprint density at radius 1 is 1.37 bits per heavy atom. The van der Waals surface area contributed by atoms with Crippen LogP contribution in [0, 0.1) is 5.92 Å². The second-order valence-electron chi connectivity index (χ2n) is 5.92. The minimum Gasteiger partial charge on any atom is -0.477 e. The van der Waals surface area contributed by atoms with Gasteiger partial charge in [0.1, 0.15) is 5.70 Å². The largest absolute Gasteiger partial charge is 0.477 e. The van der Waals surface area contributed by atoms with Crippen LogP contribution in [0.3, 0.4) is 0 Å². The number of β-lactam (4-membered cyclic amide) rings is 1. The van der Waals surface area contributed by atoms with Crippen molar-refractivity contribution in [3.63, 3.8) is 0 Å². The standard InChI is InChI=1S/C15H22N2O8S2/c1-3-24-27(22,23)25-6-4-10-11-8-12(26-7-5-16-9(2)18)13(15(20)21)17(11)14(10)19/h10-11H,3-8H2,1-2H3,(H,16,18)(H,20,21)/t10-,11-/m1/s1. The number of carbonyl (C=O) groups is 3. The molecule has 0 aromatic carbocycles. The van der Waals surface area contributed by atoms with Crippen molar-refractivity contribution in [3.8, 4) is 0 Å². The number of amides is 2. The number of hydrogen-bond acceptors (Lipinski definition) is 8. The highest BCUT2D eigenvalue weighted by Gasteiger charge is 2.54. The van der Waals surface area contributed by atoms with Gasteiger partial charge in [-0.3, -0.25) is 9.59 Å². The number of fused-ring (bicyclic) bond motifs is 1. The van der Waals surface area contributed by atoms with E-state index in [0.29, 0.717) is 23.6 Å². The lowest BCUT2D eigenvalue weighted by Crippen LogP contribution is -2.58. The van der Waals surface area contributed by atoms with Gasteiger partial charge in [0.25, 0.3) is 0 Å². The number of carbonyl (C=O) groups excluding carboxylic acids is 2. The molecule has 12 heteroatoms. The minimum atomic E-state index is -4.08. The fraction of sp³-hybridized carbons (Fsp3) is 0.667. The van der Waals surface area contributed by atoms with Crippen molar-refractivity contribution in [2.45, 2.75) is 32.7 Å². The smallest absolute Gasteiger partial charge is 0.399 e. The lowest BCUT2D eigenvalue weighted by Gasteiger charge is -2.43. The summed E-state index contributed by atoms with van der Waals surface area (Å²) < 4.78 is 31.8. The second kappa shape index (κ2) is 9.04. The molecule has 2 rings (SSSR count). The SMILES string of the molecule is CCOS(=O)(=O)OCC[C@H]1C(=O)N2C(C(=O)O)=C(SCCNC(C)=O)C[C@H]12. The summed E-state index contributed by atoms with van der Waals surface area (Å²) in [5, 5.41) is 12.1. The van der Waals surface area contributed by atoms with E-state index >= 15 is 0 Å². The fourth-order valence-corrected chi connectivity index (χ4v) is 4.78. The Balaban J connectivity index is 1.92. The molecular weight excluding hydrogens is 400 g/mol.